The Balaban J connectivity index is 1.25. The highest BCUT2D eigenvalue weighted by atomic mass is 16.7. The van der Waals surface area contributed by atoms with Crippen LogP contribution in [0.5, 0.6) is 17.2 Å². The van der Waals surface area contributed by atoms with Crippen LogP contribution in [0.1, 0.15) is 17.4 Å². The first-order chi connectivity index (χ1) is 21.4. The van der Waals surface area contributed by atoms with E-state index in [0.29, 0.717) is 34.2 Å². The van der Waals surface area contributed by atoms with Crippen molar-refractivity contribution in [1.82, 2.24) is 24.8 Å². The van der Waals surface area contributed by atoms with E-state index in [1.807, 2.05) is 44.4 Å². The topological polar surface area (TPSA) is 166 Å². The Morgan fingerprint density at radius 3 is 2.73 bits per heavy atom. The number of fused-ring (bicyclic) bond motifs is 2. The summed E-state index contributed by atoms with van der Waals surface area (Å²) in [7, 11) is 5.26. The van der Waals surface area contributed by atoms with Crippen LogP contribution in [0.25, 0.3) is 11.2 Å². The fourth-order valence-corrected chi connectivity index (χ4v) is 5.29. The molecular weight excluding hydrogens is 570 g/mol. The molecule has 0 aliphatic carbocycles. The number of amides is 1. The minimum absolute atomic E-state index is 0.149. The molecule has 2 aromatic carbocycles. The molecule has 4 heterocycles. The summed E-state index contributed by atoms with van der Waals surface area (Å²) in [6, 6.07) is 10.9. The number of aliphatic imine (C=N–C) groups is 1. The fourth-order valence-electron chi connectivity index (χ4n) is 5.29. The van der Waals surface area contributed by atoms with Gasteiger partial charge >= 0.3 is 0 Å². The quantitative estimate of drug-likeness (QED) is 0.222. The van der Waals surface area contributed by atoms with E-state index in [0.717, 1.165) is 11.1 Å². The molecule has 2 aliphatic rings. The van der Waals surface area contributed by atoms with Gasteiger partial charge in [0.2, 0.25) is 12.7 Å². The summed E-state index contributed by atoms with van der Waals surface area (Å²) in [6.07, 6.45) is 1.68. The molecule has 4 aromatic rings. The molecule has 1 amide bonds. The van der Waals surface area contributed by atoms with Crippen molar-refractivity contribution in [3.05, 3.63) is 66.2 Å². The van der Waals surface area contributed by atoms with Crippen molar-refractivity contribution in [3.8, 4) is 17.2 Å². The van der Waals surface area contributed by atoms with Crippen LogP contribution >= 0.6 is 0 Å². The number of imidazole rings is 1. The first-order valence-electron chi connectivity index (χ1n) is 14.0. The van der Waals surface area contributed by atoms with Crippen LogP contribution in [0.3, 0.4) is 0 Å². The fraction of sp³-hybridized carbons (Fsp3) is 0.367. The van der Waals surface area contributed by atoms with E-state index >= 15 is 0 Å². The van der Waals surface area contributed by atoms with Crippen LogP contribution in [0.4, 0.5) is 5.82 Å². The lowest BCUT2D eigenvalue weighted by atomic mass is 10.0. The first-order valence-corrected chi connectivity index (χ1v) is 14.0. The Labute approximate surface area is 252 Å². The van der Waals surface area contributed by atoms with Crippen molar-refractivity contribution < 1.29 is 34.0 Å². The van der Waals surface area contributed by atoms with Crippen LogP contribution < -0.4 is 24.4 Å². The van der Waals surface area contributed by atoms with E-state index in [4.69, 9.17) is 18.9 Å². The van der Waals surface area contributed by atoms with Crippen LogP contribution in [0.2, 0.25) is 0 Å². The van der Waals surface area contributed by atoms with Gasteiger partial charge in [0.15, 0.2) is 34.7 Å². The maximum absolute atomic E-state index is 13.8. The standard InChI is InChI=1S/C30H33N7O7/c1-36(2)27-25-28(33-14-32-27)37(15-34-25)30-26(39)24(23(13-38)44-30)35-29(40)20(10-17-4-7-19(41-3)8-5-17)31-12-18-6-9-21-22(11-18)43-16-42-21/h4-9,11-12,14-15,20,23-24,26,30,38-39H,10,13,16H2,1-3H3,(H,35,40)/t20-,23+,24-,26-,30-/m1/s1. The number of carbonyl (C=O) groups is 1. The van der Waals surface area contributed by atoms with Gasteiger partial charge in [-0.2, -0.15) is 0 Å². The minimum atomic E-state index is -1.23. The second-order valence-electron chi connectivity index (χ2n) is 10.6. The number of anilines is 1. The summed E-state index contributed by atoms with van der Waals surface area (Å²) in [6.45, 7) is -0.289. The predicted molar refractivity (Wildman–Crippen MR) is 159 cm³/mol. The monoisotopic (exact) mass is 603 g/mol. The van der Waals surface area contributed by atoms with Crippen molar-refractivity contribution >= 4 is 29.1 Å². The van der Waals surface area contributed by atoms with Crippen molar-refractivity contribution in [2.45, 2.75) is 36.9 Å². The maximum atomic E-state index is 13.8. The molecule has 3 N–H and O–H groups in total. The highest BCUT2D eigenvalue weighted by Crippen LogP contribution is 2.34. The van der Waals surface area contributed by atoms with Gasteiger partial charge in [-0.05, 0) is 41.5 Å². The molecule has 2 aliphatic heterocycles. The molecule has 5 atom stereocenters. The third-order valence-electron chi connectivity index (χ3n) is 7.59. The molecular formula is C30H33N7O7. The number of ether oxygens (including phenoxy) is 4. The number of aromatic nitrogens is 4. The number of aliphatic hydroxyl groups excluding tert-OH is 2. The number of benzene rings is 2. The van der Waals surface area contributed by atoms with Crippen LogP contribution in [0, 0.1) is 0 Å². The number of hydrogen-bond donors (Lipinski definition) is 3. The molecule has 0 radical (unpaired) electrons. The molecule has 0 unspecified atom stereocenters. The van der Waals surface area contributed by atoms with Crippen LogP contribution in [0.15, 0.2) is 60.1 Å². The average molecular weight is 604 g/mol. The predicted octanol–water partition coefficient (Wildman–Crippen LogP) is 1.10. The molecule has 0 saturated carbocycles. The van der Waals surface area contributed by atoms with Gasteiger partial charge in [-0.3, -0.25) is 14.4 Å². The summed E-state index contributed by atoms with van der Waals surface area (Å²) in [5.74, 6) is 2.09. The Hall–Kier alpha value is -4.79. The average Bonchev–Trinajstić information content (AvgIpc) is 3.76. The van der Waals surface area contributed by atoms with Gasteiger partial charge in [0, 0.05) is 26.7 Å². The van der Waals surface area contributed by atoms with Crippen LogP contribution in [-0.2, 0) is 16.0 Å². The summed E-state index contributed by atoms with van der Waals surface area (Å²) in [4.78, 5) is 33.3. The highest BCUT2D eigenvalue weighted by Gasteiger charge is 2.46. The van der Waals surface area contributed by atoms with E-state index < -0.39 is 43.0 Å². The van der Waals surface area contributed by atoms with Gasteiger partial charge in [0.05, 0.1) is 26.1 Å². The van der Waals surface area contributed by atoms with Crippen molar-refractivity contribution in [2.24, 2.45) is 4.99 Å². The maximum Gasteiger partial charge on any atom is 0.245 e. The van der Waals surface area contributed by atoms with E-state index in [-0.39, 0.29) is 13.2 Å². The molecule has 0 spiro atoms. The normalized spacial score (nSPS) is 21.6. The number of methoxy groups -OCH3 is 1. The van der Waals surface area contributed by atoms with Gasteiger partial charge in [0.1, 0.15) is 30.3 Å². The van der Waals surface area contributed by atoms with Crippen molar-refractivity contribution in [3.63, 3.8) is 0 Å². The van der Waals surface area contributed by atoms with Gasteiger partial charge in [-0.15, -0.1) is 0 Å². The molecule has 6 rings (SSSR count). The molecule has 1 saturated heterocycles. The van der Waals surface area contributed by atoms with Crippen molar-refractivity contribution in [2.75, 3.05) is 39.5 Å². The molecule has 2 aromatic heterocycles. The largest absolute Gasteiger partial charge is 0.497 e. The molecule has 1 fully saturated rings. The Morgan fingerprint density at radius 2 is 1.98 bits per heavy atom. The zero-order valence-electron chi connectivity index (χ0n) is 24.4. The molecule has 44 heavy (non-hydrogen) atoms. The number of carbonyl (C=O) groups excluding carboxylic acids is 1. The summed E-state index contributed by atoms with van der Waals surface area (Å²) >= 11 is 0. The molecule has 230 valence electrons. The van der Waals surface area contributed by atoms with E-state index in [1.165, 1.54) is 12.7 Å². The smallest absolute Gasteiger partial charge is 0.245 e. The number of hydrogen-bond acceptors (Lipinski definition) is 12. The Morgan fingerprint density at radius 1 is 1.18 bits per heavy atom. The van der Waals surface area contributed by atoms with E-state index in [9.17, 15) is 15.0 Å². The lowest BCUT2D eigenvalue weighted by Gasteiger charge is -2.23. The third kappa shape index (κ3) is 5.74. The molecule has 14 heteroatoms. The van der Waals surface area contributed by atoms with Gasteiger partial charge in [-0.25, -0.2) is 15.0 Å². The van der Waals surface area contributed by atoms with Crippen molar-refractivity contribution in [1.29, 1.82) is 0 Å². The molecule has 0 bridgehead atoms. The van der Waals surface area contributed by atoms with Crippen LogP contribution in [-0.4, -0.2) is 101 Å². The third-order valence-corrected chi connectivity index (χ3v) is 7.59. The number of aliphatic hydroxyl groups is 2. The number of nitrogens with zero attached hydrogens (tertiary/aromatic N) is 6. The zero-order chi connectivity index (χ0) is 30.8. The van der Waals surface area contributed by atoms with E-state index in [2.05, 4.69) is 25.3 Å². The highest BCUT2D eigenvalue weighted by molar-refractivity contribution is 5.88. The minimum Gasteiger partial charge on any atom is -0.497 e. The van der Waals surface area contributed by atoms with Gasteiger partial charge in [0.25, 0.3) is 0 Å². The summed E-state index contributed by atoms with van der Waals surface area (Å²) < 4.78 is 23.7. The zero-order valence-corrected chi connectivity index (χ0v) is 24.4. The van der Waals surface area contributed by atoms with Gasteiger partial charge < -0.3 is 39.4 Å². The first kappa shape index (κ1) is 29.3. The Bertz CT molecular complexity index is 1660. The number of rotatable bonds is 10. The van der Waals surface area contributed by atoms with Gasteiger partial charge in [-0.1, -0.05) is 12.1 Å². The van der Waals surface area contributed by atoms with E-state index in [1.54, 1.807) is 34.9 Å². The Kier molecular flexibility index (Phi) is 8.28. The lowest BCUT2D eigenvalue weighted by Crippen LogP contribution is -2.51. The number of nitrogens with one attached hydrogen (secondary N) is 1. The summed E-state index contributed by atoms with van der Waals surface area (Å²) in [5.41, 5.74) is 2.56. The molecule has 14 nitrogen and oxygen atoms in total. The second-order valence-corrected chi connectivity index (χ2v) is 10.6. The lowest BCUT2D eigenvalue weighted by molar-refractivity contribution is -0.124. The summed E-state index contributed by atoms with van der Waals surface area (Å²) in [5, 5.41) is 24.4. The SMILES string of the molecule is COc1ccc(C[C@@H](N=Cc2ccc3c(c2)OCO3)C(=O)N[C@H]2[C@@H](O)[C@H](n3cnc4c(N(C)C)ncnc43)O[C@H]2CO)cc1. The second kappa shape index (κ2) is 12.4.